The first-order valence-electron chi connectivity index (χ1n) is 9.64. The van der Waals surface area contributed by atoms with E-state index in [-0.39, 0.29) is 23.7 Å². The molecule has 0 spiro atoms. The first kappa shape index (κ1) is 18.9. The molecule has 3 heterocycles. The standard InChI is InChI=1S/C19H30N4O3/c1-15(24)21-9-5-16(6-10-21)19(25)23-8-3-4-17(14-23)18-20-7-11-22(18)12-13-26-2/h7,11,16-17H,3-6,8-10,12-14H2,1-2H3/t17-/m1/s1. The number of imidazole rings is 1. The fourth-order valence-electron chi connectivity index (χ4n) is 4.15. The van der Waals surface area contributed by atoms with Gasteiger partial charge < -0.3 is 19.1 Å². The normalized spacial score (nSPS) is 21.8. The van der Waals surface area contributed by atoms with Crippen molar-refractivity contribution in [1.29, 1.82) is 0 Å². The zero-order chi connectivity index (χ0) is 18.5. The highest BCUT2D eigenvalue weighted by atomic mass is 16.5. The van der Waals surface area contributed by atoms with E-state index in [1.807, 2.05) is 22.2 Å². The van der Waals surface area contributed by atoms with Crippen LogP contribution in [0.2, 0.25) is 0 Å². The van der Waals surface area contributed by atoms with Crippen LogP contribution in [0.1, 0.15) is 44.3 Å². The summed E-state index contributed by atoms with van der Waals surface area (Å²) in [4.78, 5) is 32.9. The van der Waals surface area contributed by atoms with Crippen LogP contribution >= 0.6 is 0 Å². The highest BCUT2D eigenvalue weighted by Gasteiger charge is 2.33. The maximum absolute atomic E-state index is 13.0. The van der Waals surface area contributed by atoms with Gasteiger partial charge in [-0.2, -0.15) is 0 Å². The summed E-state index contributed by atoms with van der Waals surface area (Å²) >= 11 is 0. The summed E-state index contributed by atoms with van der Waals surface area (Å²) in [6.45, 7) is 6.03. The number of aromatic nitrogens is 2. The number of carbonyl (C=O) groups excluding carboxylic acids is 2. The van der Waals surface area contributed by atoms with Crippen LogP contribution < -0.4 is 0 Å². The second-order valence-electron chi connectivity index (χ2n) is 7.38. The Balaban J connectivity index is 1.59. The van der Waals surface area contributed by atoms with Gasteiger partial charge >= 0.3 is 0 Å². The Morgan fingerprint density at radius 3 is 2.65 bits per heavy atom. The van der Waals surface area contributed by atoms with Crippen LogP contribution in [-0.4, -0.2) is 71.1 Å². The zero-order valence-electron chi connectivity index (χ0n) is 15.9. The van der Waals surface area contributed by atoms with Gasteiger partial charge in [-0.25, -0.2) is 4.98 Å². The van der Waals surface area contributed by atoms with E-state index in [0.29, 0.717) is 19.7 Å². The molecular formula is C19H30N4O3. The van der Waals surface area contributed by atoms with Crippen LogP contribution in [-0.2, 0) is 20.9 Å². The summed E-state index contributed by atoms with van der Waals surface area (Å²) in [5.41, 5.74) is 0. The molecule has 1 aromatic rings. The highest BCUT2D eigenvalue weighted by Crippen LogP contribution is 2.28. The van der Waals surface area contributed by atoms with Crippen molar-refractivity contribution < 1.29 is 14.3 Å². The number of hydrogen-bond donors (Lipinski definition) is 0. The molecule has 0 aliphatic carbocycles. The van der Waals surface area contributed by atoms with Gasteiger partial charge in [0.1, 0.15) is 5.82 Å². The third-order valence-electron chi connectivity index (χ3n) is 5.67. The van der Waals surface area contributed by atoms with Crippen molar-refractivity contribution in [2.45, 2.75) is 45.1 Å². The summed E-state index contributed by atoms with van der Waals surface area (Å²) in [5, 5.41) is 0. The molecule has 2 amide bonds. The summed E-state index contributed by atoms with van der Waals surface area (Å²) in [6, 6.07) is 0. The largest absolute Gasteiger partial charge is 0.383 e. The third kappa shape index (κ3) is 4.26. The minimum atomic E-state index is 0.0533. The quantitative estimate of drug-likeness (QED) is 0.796. The predicted octanol–water partition coefficient (Wildman–Crippen LogP) is 1.49. The van der Waals surface area contributed by atoms with Crippen LogP contribution in [0.15, 0.2) is 12.4 Å². The Bertz CT molecular complexity index is 622. The molecule has 0 saturated carbocycles. The number of amides is 2. The Hall–Kier alpha value is -1.89. The average Bonchev–Trinajstić information content (AvgIpc) is 3.14. The summed E-state index contributed by atoms with van der Waals surface area (Å²) in [6.07, 6.45) is 7.47. The molecular weight excluding hydrogens is 332 g/mol. The Labute approximate surface area is 155 Å². The molecule has 0 N–H and O–H groups in total. The molecule has 1 atom stereocenters. The molecule has 2 aliphatic rings. The molecule has 3 rings (SSSR count). The molecule has 0 aromatic carbocycles. The van der Waals surface area contributed by atoms with E-state index < -0.39 is 0 Å². The number of hydrogen-bond acceptors (Lipinski definition) is 4. The number of carbonyl (C=O) groups is 2. The zero-order valence-corrected chi connectivity index (χ0v) is 15.9. The lowest BCUT2D eigenvalue weighted by molar-refractivity contribution is -0.141. The van der Waals surface area contributed by atoms with Gasteiger partial charge in [-0.1, -0.05) is 0 Å². The number of methoxy groups -OCH3 is 1. The molecule has 144 valence electrons. The number of likely N-dealkylation sites (tertiary alicyclic amines) is 2. The van der Waals surface area contributed by atoms with E-state index in [1.54, 1.807) is 14.0 Å². The molecule has 1 aromatic heterocycles. The van der Waals surface area contributed by atoms with Crippen molar-refractivity contribution in [3.8, 4) is 0 Å². The second kappa shape index (κ2) is 8.66. The second-order valence-corrected chi connectivity index (χ2v) is 7.38. The van der Waals surface area contributed by atoms with Crippen molar-refractivity contribution in [3.63, 3.8) is 0 Å². The summed E-state index contributed by atoms with van der Waals surface area (Å²) in [5.74, 6) is 1.77. The van der Waals surface area contributed by atoms with Gasteiger partial charge in [0.15, 0.2) is 0 Å². The maximum atomic E-state index is 13.0. The van der Waals surface area contributed by atoms with Gasteiger partial charge in [0, 0.05) is 71.0 Å². The molecule has 0 unspecified atom stereocenters. The molecule has 2 fully saturated rings. The Morgan fingerprint density at radius 2 is 1.96 bits per heavy atom. The highest BCUT2D eigenvalue weighted by molar-refractivity contribution is 5.80. The number of nitrogens with zero attached hydrogens (tertiary/aromatic N) is 4. The fraction of sp³-hybridized carbons (Fsp3) is 0.737. The number of ether oxygens (including phenoxy) is 1. The van der Waals surface area contributed by atoms with Gasteiger partial charge in [-0.05, 0) is 25.7 Å². The number of rotatable bonds is 5. The van der Waals surface area contributed by atoms with Crippen LogP contribution in [0, 0.1) is 5.92 Å². The van der Waals surface area contributed by atoms with Crippen LogP contribution in [0.3, 0.4) is 0 Å². The van der Waals surface area contributed by atoms with Gasteiger partial charge in [-0.3, -0.25) is 9.59 Å². The molecule has 7 nitrogen and oxygen atoms in total. The van der Waals surface area contributed by atoms with Crippen molar-refractivity contribution in [2.24, 2.45) is 5.92 Å². The lowest BCUT2D eigenvalue weighted by Crippen LogP contribution is -2.46. The first-order chi connectivity index (χ1) is 12.6. The van der Waals surface area contributed by atoms with Crippen molar-refractivity contribution in [1.82, 2.24) is 19.4 Å². The minimum Gasteiger partial charge on any atom is -0.383 e. The van der Waals surface area contributed by atoms with E-state index in [0.717, 1.165) is 51.1 Å². The van der Waals surface area contributed by atoms with Crippen molar-refractivity contribution in [3.05, 3.63) is 18.2 Å². The predicted molar refractivity (Wildman–Crippen MR) is 97.6 cm³/mol. The minimum absolute atomic E-state index is 0.0533. The first-order valence-corrected chi connectivity index (χ1v) is 9.64. The Kier molecular flexibility index (Phi) is 6.29. The smallest absolute Gasteiger partial charge is 0.225 e. The topological polar surface area (TPSA) is 67.7 Å². The molecule has 0 bridgehead atoms. The van der Waals surface area contributed by atoms with Gasteiger partial charge in [0.05, 0.1) is 6.61 Å². The van der Waals surface area contributed by atoms with Crippen LogP contribution in [0.25, 0.3) is 0 Å². The fourth-order valence-corrected chi connectivity index (χ4v) is 4.15. The molecule has 26 heavy (non-hydrogen) atoms. The van der Waals surface area contributed by atoms with Crippen molar-refractivity contribution in [2.75, 3.05) is 39.9 Å². The van der Waals surface area contributed by atoms with E-state index in [1.165, 1.54) is 0 Å². The average molecular weight is 362 g/mol. The molecule has 0 radical (unpaired) electrons. The summed E-state index contributed by atoms with van der Waals surface area (Å²) < 4.78 is 7.33. The summed E-state index contributed by atoms with van der Waals surface area (Å²) in [7, 11) is 1.70. The van der Waals surface area contributed by atoms with Crippen LogP contribution in [0.4, 0.5) is 0 Å². The lowest BCUT2D eigenvalue weighted by atomic mass is 9.92. The maximum Gasteiger partial charge on any atom is 0.225 e. The van der Waals surface area contributed by atoms with E-state index in [4.69, 9.17) is 4.74 Å². The van der Waals surface area contributed by atoms with Gasteiger partial charge in [-0.15, -0.1) is 0 Å². The monoisotopic (exact) mass is 362 g/mol. The molecule has 7 heteroatoms. The van der Waals surface area contributed by atoms with E-state index in [2.05, 4.69) is 9.55 Å². The lowest BCUT2D eigenvalue weighted by Gasteiger charge is -2.37. The van der Waals surface area contributed by atoms with Crippen LogP contribution in [0.5, 0.6) is 0 Å². The van der Waals surface area contributed by atoms with Gasteiger partial charge in [0.2, 0.25) is 11.8 Å². The molecule has 2 aliphatic heterocycles. The van der Waals surface area contributed by atoms with Crippen molar-refractivity contribution >= 4 is 11.8 Å². The molecule has 2 saturated heterocycles. The van der Waals surface area contributed by atoms with E-state index in [9.17, 15) is 9.59 Å². The van der Waals surface area contributed by atoms with E-state index >= 15 is 0 Å². The third-order valence-corrected chi connectivity index (χ3v) is 5.67. The Morgan fingerprint density at radius 1 is 1.19 bits per heavy atom. The SMILES string of the molecule is COCCn1ccnc1[C@@H]1CCCN(C(=O)C2CCN(C(C)=O)CC2)C1. The number of piperidine rings is 2. The van der Waals surface area contributed by atoms with Gasteiger partial charge in [0.25, 0.3) is 0 Å².